The van der Waals surface area contributed by atoms with Crippen LogP contribution in [0, 0.1) is 5.82 Å². The molecule has 3 aromatic carbocycles. The summed E-state index contributed by atoms with van der Waals surface area (Å²) in [5.41, 5.74) is 1.90. The van der Waals surface area contributed by atoms with Gasteiger partial charge < -0.3 is 15.4 Å². The fourth-order valence-corrected chi connectivity index (χ4v) is 6.93. The molecule has 4 aromatic rings. The molecular weight excluding hydrogens is 662 g/mol. The van der Waals surface area contributed by atoms with Gasteiger partial charge in [-0.15, -0.1) is 0 Å². The van der Waals surface area contributed by atoms with Gasteiger partial charge in [0.1, 0.15) is 11.4 Å². The van der Waals surface area contributed by atoms with Gasteiger partial charge in [-0.1, -0.05) is 60.7 Å². The van der Waals surface area contributed by atoms with Crippen molar-refractivity contribution in [3.8, 4) is 11.1 Å². The number of hydrogen-bond acceptors (Lipinski definition) is 10. The van der Waals surface area contributed by atoms with Crippen molar-refractivity contribution < 1.29 is 32.1 Å². The van der Waals surface area contributed by atoms with Crippen LogP contribution in [-0.4, -0.2) is 35.0 Å². The first kappa shape index (κ1) is 35.1. The molecule has 50 heavy (non-hydrogen) atoms. The second-order valence-corrected chi connectivity index (χ2v) is 13.7. The molecule has 6 rings (SSSR count). The summed E-state index contributed by atoms with van der Waals surface area (Å²) in [6, 6.07) is 19.7. The molecule has 0 spiro atoms. The number of amides is 2. The van der Waals surface area contributed by atoms with Crippen LogP contribution in [0.3, 0.4) is 0 Å². The van der Waals surface area contributed by atoms with Crippen LogP contribution < -0.4 is 16.0 Å². The van der Waals surface area contributed by atoms with E-state index < -0.39 is 31.4 Å². The normalized spacial score (nSPS) is 15.6. The highest BCUT2D eigenvalue weighted by atomic mass is 31.2. The van der Waals surface area contributed by atoms with Crippen molar-refractivity contribution >= 4 is 31.1 Å². The van der Waals surface area contributed by atoms with E-state index in [0.29, 0.717) is 36.5 Å². The third kappa shape index (κ3) is 8.34. The van der Waals surface area contributed by atoms with E-state index in [-0.39, 0.29) is 36.0 Å². The van der Waals surface area contributed by atoms with Crippen molar-refractivity contribution in [2.45, 2.75) is 58.5 Å². The van der Waals surface area contributed by atoms with Gasteiger partial charge in [0, 0.05) is 48.1 Å². The number of fused-ring (bicyclic) bond motifs is 1. The molecule has 2 aliphatic rings. The molecule has 2 aliphatic heterocycles. The number of carbonyl (C=O) groups is 1. The molecule has 1 saturated heterocycles. The topological polar surface area (TPSA) is 145 Å². The Morgan fingerprint density at radius 3 is 2.28 bits per heavy atom. The number of aliphatic imine (C=N–C) groups is 1. The minimum Gasteiger partial charge on any atom is -0.373 e. The van der Waals surface area contributed by atoms with Crippen molar-refractivity contribution in [1.29, 1.82) is 0 Å². The number of benzene rings is 3. The van der Waals surface area contributed by atoms with Crippen LogP contribution >= 0.6 is 7.82 Å². The molecule has 1 fully saturated rings. The number of nitrogens with one attached hydrogen (secondary N) is 3. The lowest BCUT2D eigenvalue weighted by Crippen LogP contribution is -2.37. The van der Waals surface area contributed by atoms with E-state index in [1.807, 2.05) is 60.7 Å². The lowest BCUT2D eigenvalue weighted by molar-refractivity contribution is 0.0188. The molecule has 0 bridgehead atoms. The summed E-state index contributed by atoms with van der Waals surface area (Å²) in [7, 11) is -4.18. The molecular formula is C36H38FN6O6P. The Morgan fingerprint density at radius 2 is 1.70 bits per heavy atom. The molecule has 0 unspecified atom stereocenters. The van der Waals surface area contributed by atoms with Gasteiger partial charge in [0.05, 0.1) is 30.7 Å². The SMILES string of the molecule is CCNC(=O)NC1=C=Nc2cc(-c3cnc(C(C)(C)OP(=O)(OCc4ccccc4)OCc4ccccc4)nc3)c(F)c([C@H]3CCCO3)c2N1. The average Bonchev–Trinajstić information content (AvgIpc) is 3.65. The van der Waals surface area contributed by atoms with Gasteiger partial charge in [-0.2, -0.15) is 0 Å². The molecule has 0 saturated carbocycles. The maximum atomic E-state index is 16.5. The van der Waals surface area contributed by atoms with Gasteiger partial charge in [0.15, 0.2) is 11.6 Å². The Labute approximate surface area is 289 Å². The van der Waals surface area contributed by atoms with Crippen LogP contribution in [-0.2, 0) is 41.7 Å². The quantitative estimate of drug-likeness (QED) is 0.119. The highest BCUT2D eigenvalue weighted by Gasteiger charge is 2.39. The zero-order chi connectivity index (χ0) is 35.1. The lowest BCUT2D eigenvalue weighted by atomic mass is 9.96. The van der Waals surface area contributed by atoms with Gasteiger partial charge >= 0.3 is 13.9 Å². The number of rotatable bonds is 13. The van der Waals surface area contributed by atoms with E-state index in [1.54, 1.807) is 26.8 Å². The van der Waals surface area contributed by atoms with Crippen LogP contribution in [0.4, 0.5) is 20.6 Å². The van der Waals surface area contributed by atoms with Gasteiger partial charge in [0.25, 0.3) is 0 Å². The summed E-state index contributed by atoms with van der Waals surface area (Å²) >= 11 is 0. The maximum Gasteiger partial charge on any atom is 0.476 e. The fourth-order valence-electron chi connectivity index (χ4n) is 5.49. The van der Waals surface area contributed by atoms with Gasteiger partial charge in [-0.05, 0) is 50.8 Å². The highest BCUT2D eigenvalue weighted by Crippen LogP contribution is 2.55. The predicted molar refractivity (Wildman–Crippen MR) is 186 cm³/mol. The second-order valence-electron chi connectivity index (χ2n) is 12.1. The van der Waals surface area contributed by atoms with Crippen molar-refractivity contribution in [2.24, 2.45) is 4.99 Å². The van der Waals surface area contributed by atoms with E-state index in [1.165, 1.54) is 12.4 Å². The van der Waals surface area contributed by atoms with E-state index in [4.69, 9.17) is 18.3 Å². The lowest BCUT2D eigenvalue weighted by Gasteiger charge is -2.28. The van der Waals surface area contributed by atoms with Gasteiger partial charge in [-0.25, -0.2) is 28.7 Å². The van der Waals surface area contributed by atoms with Crippen molar-refractivity contribution in [3.05, 3.63) is 113 Å². The van der Waals surface area contributed by atoms with Crippen LogP contribution in [0.1, 0.15) is 62.2 Å². The first-order valence-electron chi connectivity index (χ1n) is 16.3. The number of hydrogen-bond donors (Lipinski definition) is 3. The molecule has 0 radical (unpaired) electrons. The van der Waals surface area contributed by atoms with Crippen molar-refractivity contribution in [1.82, 2.24) is 20.6 Å². The smallest absolute Gasteiger partial charge is 0.373 e. The van der Waals surface area contributed by atoms with Crippen LogP contribution in [0.5, 0.6) is 0 Å². The standard InChI is InChI=1S/C36H38FN6O6P/c1-4-38-35(44)43-30-21-39-28-18-27(32(37)31(33(28)42-30)29-16-11-17-46-29)26-19-40-34(41-20-26)36(2,3)49-50(45,47-22-24-12-7-5-8-13-24)48-23-25-14-9-6-10-15-25/h5-10,12-15,18-20,29,42H,4,11,16-17,22-23H2,1-3H3,(H2,38,43,44)/t29-/m1/s1. The predicted octanol–water partition coefficient (Wildman–Crippen LogP) is 7.81. The monoisotopic (exact) mass is 700 g/mol. The van der Waals surface area contributed by atoms with Gasteiger partial charge in [0.2, 0.25) is 0 Å². The Kier molecular flexibility index (Phi) is 10.8. The summed E-state index contributed by atoms with van der Waals surface area (Å²) in [5.74, 6) is 2.60. The van der Waals surface area contributed by atoms with E-state index in [2.05, 4.69) is 36.8 Å². The number of urea groups is 1. The Bertz CT molecular complexity index is 1880. The van der Waals surface area contributed by atoms with E-state index in [0.717, 1.165) is 17.5 Å². The number of carbonyl (C=O) groups excluding carboxylic acids is 1. The first-order valence-corrected chi connectivity index (χ1v) is 17.7. The first-order chi connectivity index (χ1) is 24.1. The molecule has 2 amide bonds. The summed E-state index contributed by atoms with van der Waals surface area (Å²) in [4.78, 5) is 25.5. The fraction of sp³-hybridized carbons (Fsp3) is 0.306. The van der Waals surface area contributed by atoms with Crippen molar-refractivity contribution in [2.75, 3.05) is 18.5 Å². The Morgan fingerprint density at radius 1 is 1.06 bits per heavy atom. The van der Waals surface area contributed by atoms with Crippen molar-refractivity contribution in [3.63, 3.8) is 0 Å². The minimum absolute atomic E-state index is 0.0105. The average molecular weight is 701 g/mol. The maximum absolute atomic E-state index is 16.5. The highest BCUT2D eigenvalue weighted by molar-refractivity contribution is 7.48. The Hall–Kier alpha value is -4.74. The molecule has 14 heteroatoms. The molecule has 3 heterocycles. The zero-order valence-electron chi connectivity index (χ0n) is 27.9. The number of phosphoric acid groups is 1. The number of ether oxygens (including phenoxy) is 1. The number of aromatic nitrogens is 2. The van der Waals surface area contributed by atoms with Crippen LogP contribution in [0.15, 0.2) is 89.9 Å². The second kappa shape index (κ2) is 15.4. The summed E-state index contributed by atoms with van der Waals surface area (Å²) in [5, 5.41) is 8.33. The minimum atomic E-state index is -4.18. The number of halogens is 1. The largest absolute Gasteiger partial charge is 0.476 e. The molecule has 0 aliphatic carbocycles. The van der Waals surface area contributed by atoms with Crippen LogP contribution in [0.25, 0.3) is 11.1 Å². The summed E-state index contributed by atoms with van der Waals surface area (Å²) in [6.45, 7) is 6.00. The number of phosphoric ester groups is 1. The molecule has 1 atom stereocenters. The van der Waals surface area contributed by atoms with Crippen LogP contribution in [0.2, 0.25) is 0 Å². The third-order valence-corrected chi connectivity index (χ3v) is 9.52. The zero-order valence-corrected chi connectivity index (χ0v) is 28.8. The Balaban J connectivity index is 1.27. The van der Waals surface area contributed by atoms with Gasteiger partial charge in [-0.3, -0.25) is 18.9 Å². The third-order valence-electron chi connectivity index (χ3n) is 7.95. The molecule has 1 aromatic heterocycles. The number of nitrogens with zero attached hydrogens (tertiary/aromatic N) is 3. The number of anilines is 1. The molecule has 12 nitrogen and oxygen atoms in total. The molecule has 260 valence electrons. The van der Waals surface area contributed by atoms with E-state index >= 15 is 4.39 Å². The summed E-state index contributed by atoms with van der Waals surface area (Å²) < 4.78 is 54.1. The summed E-state index contributed by atoms with van der Waals surface area (Å²) in [6.07, 6.45) is 3.79. The van der Waals surface area contributed by atoms with E-state index in [9.17, 15) is 9.36 Å². The molecule has 3 N–H and O–H groups in total.